The minimum atomic E-state index is 0.672. The van der Waals surface area contributed by atoms with Gasteiger partial charge in [0.1, 0.15) is 0 Å². The monoisotopic (exact) mass is 301 g/mol. The summed E-state index contributed by atoms with van der Waals surface area (Å²) in [6.45, 7) is 7.49. The van der Waals surface area contributed by atoms with E-state index in [0.29, 0.717) is 5.92 Å². The highest BCUT2D eigenvalue weighted by Crippen LogP contribution is 2.36. The second-order valence-corrected chi connectivity index (χ2v) is 6.68. The van der Waals surface area contributed by atoms with Crippen LogP contribution >= 0.6 is 11.3 Å². The first-order valence-electron chi connectivity index (χ1n) is 7.78. The van der Waals surface area contributed by atoms with E-state index in [0.717, 1.165) is 36.9 Å². The summed E-state index contributed by atoms with van der Waals surface area (Å²) in [5, 5.41) is 6.73. The number of para-hydroxylation sites is 1. The number of rotatable bonds is 5. The first-order valence-corrected chi connectivity index (χ1v) is 8.66. The topological polar surface area (TPSA) is 28.2 Å². The summed E-state index contributed by atoms with van der Waals surface area (Å²) >= 11 is 1.75. The number of anilines is 2. The van der Waals surface area contributed by atoms with E-state index in [1.165, 1.54) is 17.7 Å². The van der Waals surface area contributed by atoms with Crippen molar-refractivity contribution in [3.05, 3.63) is 40.9 Å². The lowest BCUT2D eigenvalue weighted by atomic mass is 9.94. The lowest BCUT2D eigenvalue weighted by Crippen LogP contribution is -2.30. The zero-order chi connectivity index (χ0) is 14.7. The minimum absolute atomic E-state index is 0.672. The van der Waals surface area contributed by atoms with E-state index >= 15 is 0 Å². The van der Waals surface area contributed by atoms with E-state index in [9.17, 15) is 0 Å². The quantitative estimate of drug-likeness (QED) is 0.847. The smallest absolute Gasteiger partial charge is 0.190 e. The lowest BCUT2D eigenvalue weighted by molar-refractivity contribution is 0.561. The van der Waals surface area contributed by atoms with Crippen LogP contribution in [0.5, 0.6) is 0 Å². The van der Waals surface area contributed by atoms with Gasteiger partial charge in [0.2, 0.25) is 0 Å². The average Bonchev–Trinajstić information content (AvgIpc) is 2.95. The lowest BCUT2D eigenvalue weighted by Gasteiger charge is -2.32. The third-order valence-electron chi connectivity index (χ3n) is 3.85. The Morgan fingerprint density at radius 3 is 3.10 bits per heavy atom. The van der Waals surface area contributed by atoms with Gasteiger partial charge in [-0.1, -0.05) is 32.0 Å². The molecule has 2 heterocycles. The number of nitrogens with zero attached hydrogens (tertiary/aromatic N) is 2. The highest BCUT2D eigenvalue weighted by atomic mass is 32.1. The maximum atomic E-state index is 4.82. The molecule has 0 aliphatic carbocycles. The predicted octanol–water partition coefficient (Wildman–Crippen LogP) is 3.97. The molecular weight excluding hydrogens is 278 g/mol. The number of aromatic nitrogens is 1. The van der Waals surface area contributed by atoms with E-state index in [4.69, 9.17) is 4.98 Å². The normalized spacial score (nSPS) is 17.8. The molecule has 1 aliphatic heterocycles. The summed E-state index contributed by atoms with van der Waals surface area (Å²) < 4.78 is 0. The highest BCUT2D eigenvalue weighted by Gasteiger charge is 2.24. The molecule has 112 valence electrons. The van der Waals surface area contributed by atoms with Gasteiger partial charge in [0.25, 0.3) is 0 Å². The van der Waals surface area contributed by atoms with Crippen LogP contribution in [-0.2, 0) is 13.0 Å². The fourth-order valence-electron chi connectivity index (χ4n) is 2.87. The maximum absolute atomic E-state index is 4.82. The van der Waals surface area contributed by atoms with Gasteiger partial charge in [0.15, 0.2) is 5.13 Å². The van der Waals surface area contributed by atoms with Crippen LogP contribution in [-0.4, -0.2) is 18.1 Å². The molecule has 0 fully saturated rings. The Balaban J connectivity index is 1.80. The number of fused-ring (bicyclic) bond motifs is 1. The minimum Gasteiger partial charge on any atom is -0.317 e. The van der Waals surface area contributed by atoms with Gasteiger partial charge in [-0.2, -0.15) is 0 Å². The van der Waals surface area contributed by atoms with Crippen molar-refractivity contribution in [2.75, 3.05) is 18.0 Å². The molecule has 3 nitrogen and oxygen atoms in total. The molecule has 1 N–H and O–H groups in total. The largest absolute Gasteiger partial charge is 0.317 e. The molecule has 3 rings (SSSR count). The van der Waals surface area contributed by atoms with Gasteiger partial charge in [0, 0.05) is 24.2 Å². The van der Waals surface area contributed by atoms with Crippen LogP contribution in [0.3, 0.4) is 0 Å². The van der Waals surface area contributed by atoms with Crippen molar-refractivity contribution in [3.63, 3.8) is 0 Å². The molecule has 1 aliphatic rings. The molecule has 0 amide bonds. The van der Waals surface area contributed by atoms with Crippen LogP contribution < -0.4 is 10.2 Å². The molecule has 1 aromatic heterocycles. The summed E-state index contributed by atoms with van der Waals surface area (Å²) in [5.41, 5.74) is 3.93. The van der Waals surface area contributed by atoms with Gasteiger partial charge in [-0.05, 0) is 36.9 Å². The van der Waals surface area contributed by atoms with E-state index in [2.05, 4.69) is 53.7 Å². The molecule has 0 saturated heterocycles. The van der Waals surface area contributed by atoms with Crippen LogP contribution in [0.4, 0.5) is 10.8 Å². The SMILES string of the molecule is CCCNCc1csc(N2CC(C)Cc3ccccc32)n1. The van der Waals surface area contributed by atoms with Crippen molar-refractivity contribution < 1.29 is 0 Å². The third kappa shape index (κ3) is 3.27. The number of thiazole rings is 1. The van der Waals surface area contributed by atoms with Crippen molar-refractivity contribution in [1.82, 2.24) is 10.3 Å². The van der Waals surface area contributed by atoms with Crippen molar-refractivity contribution in [2.24, 2.45) is 5.92 Å². The van der Waals surface area contributed by atoms with E-state index in [1.807, 2.05) is 0 Å². The first-order chi connectivity index (χ1) is 10.3. The fourth-order valence-corrected chi connectivity index (χ4v) is 3.72. The van der Waals surface area contributed by atoms with Gasteiger partial charge < -0.3 is 10.2 Å². The first kappa shape index (κ1) is 14.5. The summed E-state index contributed by atoms with van der Waals surface area (Å²) in [4.78, 5) is 7.21. The summed E-state index contributed by atoms with van der Waals surface area (Å²) in [6.07, 6.45) is 2.33. The molecule has 4 heteroatoms. The fraction of sp³-hybridized carbons (Fsp3) is 0.471. The molecule has 0 bridgehead atoms. The van der Waals surface area contributed by atoms with E-state index in [-0.39, 0.29) is 0 Å². The number of benzene rings is 1. The van der Waals surface area contributed by atoms with Crippen LogP contribution in [0.15, 0.2) is 29.6 Å². The maximum Gasteiger partial charge on any atom is 0.190 e. The van der Waals surface area contributed by atoms with Crippen molar-refractivity contribution in [2.45, 2.75) is 33.2 Å². The summed E-state index contributed by atoms with van der Waals surface area (Å²) in [7, 11) is 0. The van der Waals surface area contributed by atoms with Crippen molar-refractivity contribution in [3.8, 4) is 0 Å². The molecule has 2 aromatic rings. The molecule has 1 atom stereocenters. The highest BCUT2D eigenvalue weighted by molar-refractivity contribution is 7.13. The molecule has 21 heavy (non-hydrogen) atoms. The number of hydrogen-bond acceptors (Lipinski definition) is 4. The van der Waals surface area contributed by atoms with Crippen LogP contribution in [0.1, 0.15) is 31.5 Å². The Labute approximate surface area is 131 Å². The summed E-state index contributed by atoms with van der Waals surface area (Å²) in [6, 6.07) is 8.73. The van der Waals surface area contributed by atoms with Gasteiger partial charge in [-0.3, -0.25) is 0 Å². The van der Waals surface area contributed by atoms with Gasteiger partial charge in [0.05, 0.1) is 5.69 Å². The second-order valence-electron chi connectivity index (χ2n) is 5.85. The average molecular weight is 301 g/mol. The van der Waals surface area contributed by atoms with Crippen LogP contribution in [0.25, 0.3) is 0 Å². The molecular formula is C17H23N3S. The van der Waals surface area contributed by atoms with Crippen LogP contribution in [0.2, 0.25) is 0 Å². The third-order valence-corrected chi connectivity index (χ3v) is 4.76. The Morgan fingerprint density at radius 1 is 1.38 bits per heavy atom. The number of nitrogens with one attached hydrogen (secondary N) is 1. The van der Waals surface area contributed by atoms with Gasteiger partial charge in [-0.25, -0.2) is 4.98 Å². The molecule has 1 aromatic carbocycles. The zero-order valence-electron chi connectivity index (χ0n) is 12.8. The predicted molar refractivity (Wildman–Crippen MR) is 90.4 cm³/mol. The van der Waals surface area contributed by atoms with E-state index in [1.54, 1.807) is 11.3 Å². The van der Waals surface area contributed by atoms with Crippen molar-refractivity contribution >= 4 is 22.2 Å². The van der Waals surface area contributed by atoms with Gasteiger partial charge in [-0.15, -0.1) is 11.3 Å². The Bertz CT molecular complexity index is 593. The second kappa shape index (κ2) is 6.58. The van der Waals surface area contributed by atoms with Crippen molar-refractivity contribution in [1.29, 1.82) is 0 Å². The zero-order valence-corrected chi connectivity index (χ0v) is 13.6. The van der Waals surface area contributed by atoms with Gasteiger partial charge >= 0.3 is 0 Å². The molecule has 0 saturated carbocycles. The summed E-state index contributed by atoms with van der Waals surface area (Å²) in [5.74, 6) is 0.672. The number of hydrogen-bond donors (Lipinski definition) is 1. The molecule has 0 radical (unpaired) electrons. The Hall–Kier alpha value is -1.39. The van der Waals surface area contributed by atoms with Crippen LogP contribution in [0, 0.1) is 5.92 Å². The Kier molecular flexibility index (Phi) is 4.56. The van der Waals surface area contributed by atoms with E-state index < -0.39 is 0 Å². The standard InChI is InChI=1S/C17H23N3S/c1-3-8-18-10-15-12-21-17(19-15)20-11-13(2)9-14-6-4-5-7-16(14)20/h4-7,12-13,18H,3,8-11H2,1-2H3. The Morgan fingerprint density at radius 2 is 2.24 bits per heavy atom. The molecule has 0 spiro atoms. The molecule has 1 unspecified atom stereocenters.